The fourth-order valence-corrected chi connectivity index (χ4v) is 3.18. The van der Waals surface area contributed by atoms with Gasteiger partial charge in [-0.15, -0.1) is 24.0 Å². The van der Waals surface area contributed by atoms with Crippen LogP contribution in [0.2, 0.25) is 0 Å². The maximum absolute atomic E-state index is 13.2. The van der Waals surface area contributed by atoms with Gasteiger partial charge in [-0.3, -0.25) is 4.79 Å². The van der Waals surface area contributed by atoms with Gasteiger partial charge in [0.1, 0.15) is 12.4 Å². The third-order valence-electron chi connectivity index (χ3n) is 4.60. The van der Waals surface area contributed by atoms with Crippen LogP contribution in [0.4, 0.5) is 4.39 Å². The van der Waals surface area contributed by atoms with Gasteiger partial charge in [0.25, 0.3) is 0 Å². The van der Waals surface area contributed by atoms with Crippen LogP contribution in [-0.4, -0.2) is 37.0 Å². The average Bonchev–Trinajstić information content (AvgIpc) is 2.51. The Balaban J connectivity index is 0.00000364. The van der Waals surface area contributed by atoms with Crippen molar-refractivity contribution < 1.29 is 9.18 Å². The molecule has 1 aliphatic rings. The molecule has 5 nitrogen and oxygen atoms in total. The molecule has 3 N–H and O–H groups in total. The van der Waals surface area contributed by atoms with E-state index in [4.69, 9.17) is 0 Å². The second-order valence-corrected chi connectivity index (χ2v) is 7.99. The van der Waals surface area contributed by atoms with Crippen LogP contribution in [0, 0.1) is 5.82 Å². The summed E-state index contributed by atoms with van der Waals surface area (Å²) < 4.78 is 13.2. The number of halogens is 2. The molecule has 1 aromatic rings. The van der Waals surface area contributed by atoms with Crippen LogP contribution in [-0.2, 0) is 10.2 Å². The molecule has 0 bridgehead atoms. The number of nitrogens with zero attached hydrogens (tertiary/aromatic N) is 1. The first kappa shape index (κ1) is 23.7. The minimum Gasteiger partial charge on any atom is -0.357 e. The van der Waals surface area contributed by atoms with E-state index in [1.165, 1.54) is 18.6 Å². The molecule has 7 heteroatoms. The number of carbonyl (C=O) groups excluding carboxylic acids is 1. The molecule has 0 atom stereocenters. The van der Waals surface area contributed by atoms with E-state index in [9.17, 15) is 9.18 Å². The summed E-state index contributed by atoms with van der Waals surface area (Å²) in [4.78, 5) is 16.4. The summed E-state index contributed by atoms with van der Waals surface area (Å²) in [6.07, 6.45) is 3.30. The molecule has 1 amide bonds. The van der Waals surface area contributed by atoms with Crippen LogP contribution in [0.3, 0.4) is 0 Å². The number of hydrogen-bond donors (Lipinski definition) is 3. The maximum Gasteiger partial charge on any atom is 0.242 e. The van der Waals surface area contributed by atoms with Crippen molar-refractivity contribution in [2.75, 3.05) is 19.6 Å². The number of aliphatic imine (C=N–C) groups is 1. The molecule has 1 aliphatic carbocycles. The van der Waals surface area contributed by atoms with Gasteiger partial charge >= 0.3 is 0 Å². The highest BCUT2D eigenvalue weighted by atomic mass is 127. The number of rotatable bonds is 6. The van der Waals surface area contributed by atoms with E-state index in [2.05, 4.69) is 20.9 Å². The van der Waals surface area contributed by atoms with Crippen LogP contribution < -0.4 is 16.0 Å². The summed E-state index contributed by atoms with van der Waals surface area (Å²) in [6, 6.07) is 6.78. The van der Waals surface area contributed by atoms with Gasteiger partial charge in [0, 0.05) is 24.0 Å². The SMILES string of the molecule is CCNC(=NCC(=O)NC(C)(C)C)NCC1(c2ccc(F)cc2)CCC1.I. The minimum absolute atomic E-state index is 0. The van der Waals surface area contributed by atoms with E-state index < -0.39 is 0 Å². The third-order valence-corrected chi connectivity index (χ3v) is 4.60. The molecule has 0 saturated heterocycles. The van der Waals surface area contributed by atoms with Gasteiger partial charge in [0.2, 0.25) is 5.91 Å². The fourth-order valence-electron chi connectivity index (χ4n) is 3.18. The van der Waals surface area contributed by atoms with E-state index in [1.54, 1.807) is 0 Å². The van der Waals surface area contributed by atoms with Gasteiger partial charge in [0.15, 0.2) is 5.96 Å². The van der Waals surface area contributed by atoms with E-state index >= 15 is 0 Å². The lowest BCUT2D eigenvalue weighted by Gasteiger charge is -2.43. The molecule has 0 aliphatic heterocycles. The quantitative estimate of drug-likeness (QED) is 0.326. The van der Waals surface area contributed by atoms with E-state index in [0.717, 1.165) is 24.9 Å². The normalized spacial score (nSPS) is 16.0. The molecule has 152 valence electrons. The van der Waals surface area contributed by atoms with Crippen molar-refractivity contribution in [3.05, 3.63) is 35.6 Å². The summed E-state index contributed by atoms with van der Waals surface area (Å²) in [6.45, 7) is 9.34. The Labute approximate surface area is 179 Å². The predicted octanol–water partition coefficient (Wildman–Crippen LogP) is 3.34. The Morgan fingerprint density at radius 2 is 1.81 bits per heavy atom. The van der Waals surface area contributed by atoms with Crippen LogP contribution >= 0.6 is 24.0 Å². The Kier molecular flexibility index (Phi) is 8.98. The van der Waals surface area contributed by atoms with Crippen LogP contribution in [0.1, 0.15) is 52.5 Å². The van der Waals surface area contributed by atoms with Crippen molar-refractivity contribution >= 4 is 35.8 Å². The van der Waals surface area contributed by atoms with Crippen molar-refractivity contribution in [2.45, 2.75) is 57.9 Å². The topological polar surface area (TPSA) is 65.5 Å². The zero-order valence-electron chi connectivity index (χ0n) is 16.7. The number of amides is 1. The van der Waals surface area contributed by atoms with E-state index in [-0.39, 0.29) is 53.2 Å². The van der Waals surface area contributed by atoms with Gasteiger partial charge in [-0.05, 0) is 58.2 Å². The summed E-state index contributed by atoms with van der Waals surface area (Å²) in [7, 11) is 0. The molecule has 1 saturated carbocycles. The first-order valence-corrected chi connectivity index (χ1v) is 9.33. The molecular weight excluding hydrogens is 458 g/mol. The molecule has 0 aromatic heterocycles. The highest BCUT2D eigenvalue weighted by Gasteiger charge is 2.38. The summed E-state index contributed by atoms with van der Waals surface area (Å²) in [5.74, 6) is 0.312. The molecule has 1 fully saturated rings. The largest absolute Gasteiger partial charge is 0.357 e. The number of carbonyl (C=O) groups is 1. The number of nitrogens with one attached hydrogen (secondary N) is 3. The van der Waals surface area contributed by atoms with Gasteiger partial charge in [-0.1, -0.05) is 18.6 Å². The predicted molar refractivity (Wildman–Crippen MR) is 119 cm³/mol. The molecule has 2 rings (SSSR count). The molecule has 0 heterocycles. The third kappa shape index (κ3) is 7.27. The zero-order valence-corrected chi connectivity index (χ0v) is 19.0. The summed E-state index contributed by atoms with van der Waals surface area (Å²) in [5.41, 5.74) is 0.896. The lowest BCUT2D eigenvalue weighted by Crippen LogP contribution is -2.49. The highest BCUT2D eigenvalue weighted by molar-refractivity contribution is 14.0. The zero-order chi connectivity index (χ0) is 19.2. The van der Waals surface area contributed by atoms with Gasteiger partial charge in [0.05, 0.1) is 0 Å². The second kappa shape index (κ2) is 10.2. The second-order valence-electron chi connectivity index (χ2n) is 7.99. The first-order valence-electron chi connectivity index (χ1n) is 9.33. The fraction of sp³-hybridized carbons (Fsp3) is 0.600. The Morgan fingerprint density at radius 3 is 2.30 bits per heavy atom. The monoisotopic (exact) mass is 490 g/mol. The van der Waals surface area contributed by atoms with Crippen LogP contribution in [0.25, 0.3) is 0 Å². The summed E-state index contributed by atoms with van der Waals surface area (Å²) in [5, 5.41) is 9.45. The van der Waals surface area contributed by atoms with Crippen molar-refractivity contribution in [2.24, 2.45) is 4.99 Å². The maximum atomic E-state index is 13.2. The van der Waals surface area contributed by atoms with E-state index in [0.29, 0.717) is 12.5 Å². The molecule has 27 heavy (non-hydrogen) atoms. The highest BCUT2D eigenvalue weighted by Crippen LogP contribution is 2.43. The lowest BCUT2D eigenvalue weighted by molar-refractivity contribution is -0.121. The standard InChI is InChI=1S/C20H31FN4O.HI/c1-5-22-18(23-13-17(26)25-19(2,3)4)24-14-20(11-6-12-20)15-7-9-16(21)10-8-15;/h7-10H,5-6,11-14H2,1-4H3,(H,25,26)(H2,22,23,24);1H. The van der Waals surface area contributed by atoms with Crippen LogP contribution in [0.5, 0.6) is 0 Å². The summed E-state index contributed by atoms with van der Waals surface area (Å²) >= 11 is 0. The molecule has 0 radical (unpaired) electrons. The minimum atomic E-state index is -0.267. The number of benzene rings is 1. The molecule has 0 spiro atoms. The van der Waals surface area contributed by atoms with Crippen molar-refractivity contribution in [1.29, 1.82) is 0 Å². The Hall–Kier alpha value is -1.38. The smallest absolute Gasteiger partial charge is 0.242 e. The van der Waals surface area contributed by atoms with E-state index in [1.807, 2.05) is 39.8 Å². The van der Waals surface area contributed by atoms with Crippen molar-refractivity contribution in [1.82, 2.24) is 16.0 Å². The van der Waals surface area contributed by atoms with Crippen molar-refractivity contribution in [3.63, 3.8) is 0 Å². The molecule has 0 unspecified atom stereocenters. The van der Waals surface area contributed by atoms with Gasteiger partial charge < -0.3 is 16.0 Å². The van der Waals surface area contributed by atoms with Gasteiger partial charge in [-0.2, -0.15) is 0 Å². The number of hydrogen-bond acceptors (Lipinski definition) is 2. The number of guanidine groups is 1. The Bertz CT molecular complexity index is 636. The van der Waals surface area contributed by atoms with Crippen LogP contribution in [0.15, 0.2) is 29.3 Å². The average molecular weight is 490 g/mol. The van der Waals surface area contributed by atoms with Gasteiger partial charge in [-0.25, -0.2) is 9.38 Å². The molecule has 1 aromatic carbocycles. The molecular formula is C20H32FIN4O. The first-order chi connectivity index (χ1) is 12.2. The lowest BCUT2D eigenvalue weighted by atomic mass is 9.64. The Morgan fingerprint density at radius 1 is 1.19 bits per heavy atom. The van der Waals surface area contributed by atoms with Crippen molar-refractivity contribution in [3.8, 4) is 0 Å².